The van der Waals surface area contributed by atoms with E-state index in [0.29, 0.717) is 32.0 Å². The van der Waals surface area contributed by atoms with Crippen LogP contribution in [-0.4, -0.2) is 20.6 Å². The number of halogens is 1. The van der Waals surface area contributed by atoms with Crippen LogP contribution in [0.25, 0.3) is 0 Å². The Bertz CT molecular complexity index is 559. The molecule has 2 aromatic carbocycles. The molecule has 4 heteroatoms. The molecule has 142 valence electrons. The fourth-order valence-corrected chi connectivity index (χ4v) is 6.07. The standard InChI is InChI=1S/C22H31ClO2Si/c1-3-4-15-26(2,23)22(18-24-16-20-11-7-5-8-12-20)19-25-17-21-13-9-6-10-14-21/h5-14,22H,3-4,15-19H2,1-2H3. The average molecular weight is 391 g/mol. The molecule has 0 fully saturated rings. The van der Waals surface area contributed by atoms with E-state index in [4.69, 9.17) is 20.6 Å². The zero-order valence-electron chi connectivity index (χ0n) is 16.0. The van der Waals surface area contributed by atoms with E-state index in [1.807, 2.05) is 36.4 Å². The van der Waals surface area contributed by atoms with Crippen molar-refractivity contribution in [3.8, 4) is 0 Å². The number of benzene rings is 2. The van der Waals surface area contributed by atoms with E-state index in [0.717, 1.165) is 6.04 Å². The maximum absolute atomic E-state index is 7.02. The summed E-state index contributed by atoms with van der Waals surface area (Å²) in [6.07, 6.45) is 2.36. The van der Waals surface area contributed by atoms with Crippen molar-refractivity contribution >= 4 is 18.5 Å². The van der Waals surface area contributed by atoms with Gasteiger partial charge in [0.1, 0.15) is 0 Å². The van der Waals surface area contributed by atoms with Crippen LogP contribution in [0.5, 0.6) is 0 Å². The lowest BCUT2D eigenvalue weighted by Crippen LogP contribution is -2.35. The average Bonchev–Trinajstić information content (AvgIpc) is 2.67. The summed E-state index contributed by atoms with van der Waals surface area (Å²) >= 11 is 7.02. The molecule has 0 amide bonds. The van der Waals surface area contributed by atoms with Gasteiger partial charge in [-0.05, 0) is 17.2 Å². The number of hydrogen-bond acceptors (Lipinski definition) is 2. The van der Waals surface area contributed by atoms with Crippen LogP contribution in [0, 0.1) is 0 Å². The summed E-state index contributed by atoms with van der Waals surface area (Å²) in [6, 6.07) is 21.7. The summed E-state index contributed by atoms with van der Waals surface area (Å²) in [5.74, 6) is 0. The monoisotopic (exact) mass is 390 g/mol. The van der Waals surface area contributed by atoms with Gasteiger partial charge in [0.15, 0.2) is 7.38 Å². The fourth-order valence-electron chi connectivity index (χ4n) is 2.91. The number of rotatable bonds is 12. The smallest absolute Gasteiger partial charge is 0.161 e. The third-order valence-electron chi connectivity index (χ3n) is 4.73. The molecular formula is C22H31ClO2Si. The Morgan fingerprint density at radius 1 is 0.846 bits per heavy atom. The first-order valence-corrected chi connectivity index (χ1v) is 13.3. The third kappa shape index (κ3) is 7.63. The fraction of sp³-hybridized carbons (Fsp3) is 0.455. The lowest BCUT2D eigenvalue weighted by atomic mass is 10.2. The van der Waals surface area contributed by atoms with Crippen molar-refractivity contribution in [2.75, 3.05) is 13.2 Å². The van der Waals surface area contributed by atoms with E-state index < -0.39 is 7.38 Å². The van der Waals surface area contributed by atoms with Crippen molar-refractivity contribution in [3.63, 3.8) is 0 Å². The minimum absolute atomic E-state index is 0.295. The second-order valence-electron chi connectivity index (χ2n) is 7.08. The van der Waals surface area contributed by atoms with Gasteiger partial charge in [0.25, 0.3) is 0 Å². The number of unbranched alkanes of at least 4 members (excludes halogenated alkanes) is 1. The topological polar surface area (TPSA) is 18.5 Å². The summed E-state index contributed by atoms with van der Waals surface area (Å²) in [6.45, 7) is 7.07. The highest BCUT2D eigenvalue weighted by Gasteiger charge is 2.35. The van der Waals surface area contributed by atoms with Crippen LogP contribution in [-0.2, 0) is 22.7 Å². The van der Waals surface area contributed by atoms with Crippen LogP contribution in [0.15, 0.2) is 60.7 Å². The molecule has 0 radical (unpaired) electrons. The Kier molecular flexibility index (Phi) is 9.41. The molecule has 0 aliphatic rings. The lowest BCUT2D eigenvalue weighted by molar-refractivity contribution is 0.0681. The van der Waals surface area contributed by atoms with Crippen molar-refractivity contribution < 1.29 is 9.47 Å². The van der Waals surface area contributed by atoms with E-state index in [-0.39, 0.29) is 0 Å². The van der Waals surface area contributed by atoms with E-state index in [2.05, 4.69) is 37.7 Å². The predicted molar refractivity (Wildman–Crippen MR) is 113 cm³/mol. The molecular weight excluding hydrogens is 360 g/mol. The molecule has 0 aromatic heterocycles. The van der Waals surface area contributed by atoms with Crippen molar-refractivity contribution in [2.24, 2.45) is 0 Å². The predicted octanol–water partition coefficient (Wildman–Crippen LogP) is 6.40. The molecule has 0 N–H and O–H groups in total. The summed E-state index contributed by atoms with van der Waals surface area (Å²) in [5.41, 5.74) is 2.69. The van der Waals surface area contributed by atoms with Crippen LogP contribution < -0.4 is 0 Å². The first-order valence-electron chi connectivity index (χ1n) is 9.54. The maximum atomic E-state index is 7.02. The molecule has 0 saturated heterocycles. The van der Waals surface area contributed by atoms with Gasteiger partial charge in [-0.15, -0.1) is 0 Å². The maximum Gasteiger partial charge on any atom is 0.161 e. The molecule has 0 heterocycles. The molecule has 0 aliphatic carbocycles. The van der Waals surface area contributed by atoms with E-state index in [1.54, 1.807) is 0 Å². The first kappa shape index (κ1) is 21.2. The SMILES string of the molecule is CCCC[Si](C)(Cl)C(COCc1ccccc1)COCc1ccccc1. The molecule has 2 nitrogen and oxygen atoms in total. The van der Waals surface area contributed by atoms with Gasteiger partial charge in [-0.1, -0.05) is 87.0 Å². The molecule has 0 saturated carbocycles. The Labute approximate surface area is 164 Å². The van der Waals surface area contributed by atoms with E-state index >= 15 is 0 Å². The van der Waals surface area contributed by atoms with E-state index in [9.17, 15) is 0 Å². The van der Waals surface area contributed by atoms with E-state index in [1.165, 1.54) is 24.0 Å². The first-order chi connectivity index (χ1) is 12.6. The Morgan fingerprint density at radius 3 is 1.73 bits per heavy atom. The second-order valence-corrected chi connectivity index (χ2v) is 13.5. The molecule has 1 atom stereocenters. The van der Waals surface area contributed by atoms with Crippen molar-refractivity contribution in [1.29, 1.82) is 0 Å². The van der Waals surface area contributed by atoms with Crippen LogP contribution >= 0.6 is 11.1 Å². The summed E-state index contributed by atoms with van der Waals surface area (Å²) < 4.78 is 12.0. The second kappa shape index (κ2) is 11.6. The normalized spacial score (nSPS) is 13.7. The summed E-state index contributed by atoms with van der Waals surface area (Å²) in [5, 5.41) is 0. The quantitative estimate of drug-likeness (QED) is 0.308. The molecule has 0 bridgehead atoms. The minimum atomic E-state index is -1.91. The zero-order valence-corrected chi connectivity index (χ0v) is 17.8. The van der Waals surface area contributed by atoms with Gasteiger partial charge in [0, 0.05) is 5.54 Å². The van der Waals surface area contributed by atoms with Gasteiger partial charge < -0.3 is 9.47 Å². The molecule has 1 unspecified atom stereocenters. The highest BCUT2D eigenvalue weighted by molar-refractivity contribution is 7.20. The van der Waals surface area contributed by atoms with Crippen LogP contribution in [0.2, 0.25) is 18.1 Å². The Hall–Kier alpha value is -1.13. The Morgan fingerprint density at radius 2 is 1.31 bits per heavy atom. The van der Waals surface area contributed by atoms with Crippen molar-refractivity contribution in [2.45, 2.75) is 51.1 Å². The highest BCUT2D eigenvalue weighted by Crippen LogP contribution is 2.33. The van der Waals surface area contributed by atoms with Crippen molar-refractivity contribution in [3.05, 3.63) is 71.8 Å². The third-order valence-corrected chi connectivity index (χ3v) is 9.59. The van der Waals surface area contributed by atoms with Gasteiger partial charge in [0.05, 0.1) is 26.4 Å². The molecule has 2 rings (SSSR count). The molecule has 0 aliphatic heterocycles. The number of hydrogen-bond donors (Lipinski definition) is 0. The van der Waals surface area contributed by atoms with Gasteiger partial charge in [-0.2, -0.15) is 11.1 Å². The van der Waals surface area contributed by atoms with Gasteiger partial charge in [-0.3, -0.25) is 0 Å². The summed E-state index contributed by atoms with van der Waals surface area (Å²) in [7, 11) is -1.91. The summed E-state index contributed by atoms with van der Waals surface area (Å²) in [4.78, 5) is 0. The zero-order chi connectivity index (χ0) is 18.7. The lowest BCUT2D eigenvalue weighted by Gasteiger charge is -2.30. The van der Waals surface area contributed by atoms with Crippen LogP contribution in [0.1, 0.15) is 30.9 Å². The minimum Gasteiger partial charge on any atom is -0.377 e. The molecule has 0 spiro atoms. The van der Waals surface area contributed by atoms with Gasteiger partial charge in [-0.25, -0.2) is 0 Å². The Balaban J connectivity index is 1.87. The molecule has 2 aromatic rings. The van der Waals surface area contributed by atoms with Gasteiger partial charge in [0.2, 0.25) is 0 Å². The largest absolute Gasteiger partial charge is 0.377 e. The van der Waals surface area contributed by atoms with Gasteiger partial charge >= 0.3 is 0 Å². The highest BCUT2D eigenvalue weighted by atomic mass is 35.6. The van der Waals surface area contributed by atoms with Crippen LogP contribution in [0.3, 0.4) is 0 Å². The molecule has 26 heavy (non-hydrogen) atoms. The van der Waals surface area contributed by atoms with Crippen LogP contribution in [0.4, 0.5) is 0 Å². The van der Waals surface area contributed by atoms with Crippen molar-refractivity contribution in [1.82, 2.24) is 0 Å². The number of ether oxygens (including phenoxy) is 2.